The average Bonchev–Trinajstić information content (AvgIpc) is 2.95. The summed E-state index contributed by atoms with van der Waals surface area (Å²) in [7, 11) is 2.13. The maximum atomic E-state index is 6.05. The number of hydrogen-bond donors (Lipinski definition) is 0. The average molecular weight is 308 g/mol. The molecule has 0 saturated carbocycles. The number of rotatable bonds is 2. The highest BCUT2D eigenvalue weighted by molar-refractivity contribution is 6.28. The minimum absolute atomic E-state index is 0.0620. The molecule has 8 heteroatoms. The topological polar surface area (TPSA) is 63.0 Å². The van der Waals surface area contributed by atoms with E-state index in [1.54, 1.807) is 23.3 Å². The summed E-state index contributed by atoms with van der Waals surface area (Å²) in [6, 6.07) is 0. The first-order valence-electron chi connectivity index (χ1n) is 6.82. The molecule has 0 atom stereocenters. The van der Waals surface area contributed by atoms with Gasteiger partial charge in [0, 0.05) is 37.6 Å². The van der Waals surface area contributed by atoms with Gasteiger partial charge in [0.25, 0.3) is 0 Å². The highest BCUT2D eigenvalue weighted by Gasteiger charge is 2.32. The lowest BCUT2D eigenvalue weighted by Gasteiger charge is -2.45. The van der Waals surface area contributed by atoms with Gasteiger partial charge in [0.1, 0.15) is 6.33 Å². The lowest BCUT2D eigenvalue weighted by molar-refractivity contribution is 0.138. The van der Waals surface area contributed by atoms with Gasteiger partial charge in [0.05, 0.1) is 0 Å². The van der Waals surface area contributed by atoms with Crippen LogP contribution in [-0.4, -0.2) is 61.6 Å². The molecule has 0 unspecified atom stereocenters. The van der Waals surface area contributed by atoms with Crippen molar-refractivity contribution in [1.29, 1.82) is 0 Å². The summed E-state index contributed by atoms with van der Waals surface area (Å²) in [5.74, 6) is 1.10. The summed E-state index contributed by atoms with van der Waals surface area (Å²) in [5.41, 5.74) is 0.0620. The molecule has 21 heavy (non-hydrogen) atoms. The van der Waals surface area contributed by atoms with Crippen LogP contribution in [0.4, 0.5) is 5.95 Å². The van der Waals surface area contributed by atoms with Crippen LogP contribution in [-0.2, 0) is 0 Å². The molecule has 1 saturated heterocycles. The molecule has 1 aliphatic rings. The molecule has 0 N–H and O–H groups in total. The zero-order valence-corrected chi connectivity index (χ0v) is 13.1. The van der Waals surface area contributed by atoms with Gasteiger partial charge in [-0.25, -0.2) is 4.98 Å². The summed E-state index contributed by atoms with van der Waals surface area (Å²) in [6.45, 7) is 7.07. The van der Waals surface area contributed by atoms with Crippen molar-refractivity contribution < 1.29 is 0 Å². The van der Waals surface area contributed by atoms with Gasteiger partial charge in [-0.05, 0) is 32.5 Å². The van der Waals surface area contributed by atoms with Gasteiger partial charge in [-0.1, -0.05) is 0 Å². The summed E-state index contributed by atoms with van der Waals surface area (Å²) >= 11 is 6.05. The Morgan fingerprint density at radius 2 is 1.90 bits per heavy atom. The van der Waals surface area contributed by atoms with Crippen LogP contribution in [0.15, 0.2) is 18.7 Å². The molecule has 2 aromatic rings. The summed E-state index contributed by atoms with van der Waals surface area (Å²) in [6.07, 6.45) is 5.10. The Kier molecular flexibility index (Phi) is 3.54. The van der Waals surface area contributed by atoms with Gasteiger partial charge in [-0.3, -0.25) is 9.47 Å². The Labute approximate surface area is 128 Å². The molecule has 3 rings (SSSR count). The smallest absolute Gasteiger partial charge is 0.241 e. The molecule has 0 amide bonds. The zero-order chi connectivity index (χ0) is 15.0. The van der Waals surface area contributed by atoms with E-state index < -0.39 is 0 Å². The molecular formula is C13H18ClN7. The quantitative estimate of drug-likeness (QED) is 0.832. The normalized spacial score (nSPS) is 19.0. The van der Waals surface area contributed by atoms with E-state index in [2.05, 4.69) is 50.6 Å². The molecule has 0 aromatic carbocycles. The second kappa shape index (κ2) is 5.23. The standard InChI is InChI=1S/C13H18ClN7/c1-13(2)8-20(7-6-19(13)3)11-16-10(14)17-12(18-11)21-5-4-15-9-21/h4-5,9H,6-8H2,1-3H3. The number of likely N-dealkylation sites (N-methyl/N-ethyl adjacent to an activating group) is 1. The zero-order valence-electron chi connectivity index (χ0n) is 12.4. The maximum Gasteiger partial charge on any atom is 0.241 e. The first-order valence-corrected chi connectivity index (χ1v) is 7.19. The molecule has 3 heterocycles. The van der Waals surface area contributed by atoms with Crippen molar-refractivity contribution in [3.05, 3.63) is 24.0 Å². The maximum absolute atomic E-state index is 6.05. The molecule has 112 valence electrons. The Morgan fingerprint density at radius 1 is 1.14 bits per heavy atom. The monoisotopic (exact) mass is 307 g/mol. The fourth-order valence-electron chi connectivity index (χ4n) is 2.37. The fraction of sp³-hybridized carbons (Fsp3) is 0.538. The second-order valence-electron chi connectivity index (χ2n) is 5.83. The van der Waals surface area contributed by atoms with Gasteiger partial charge >= 0.3 is 0 Å². The van der Waals surface area contributed by atoms with E-state index in [4.69, 9.17) is 11.6 Å². The van der Waals surface area contributed by atoms with Crippen molar-refractivity contribution in [2.45, 2.75) is 19.4 Å². The van der Waals surface area contributed by atoms with E-state index in [0.717, 1.165) is 19.6 Å². The fourth-order valence-corrected chi connectivity index (χ4v) is 2.53. The van der Waals surface area contributed by atoms with Gasteiger partial charge in [-0.2, -0.15) is 15.0 Å². The minimum Gasteiger partial charge on any atom is -0.338 e. The highest BCUT2D eigenvalue weighted by atomic mass is 35.5. The van der Waals surface area contributed by atoms with Crippen LogP contribution in [0.25, 0.3) is 5.95 Å². The highest BCUT2D eigenvalue weighted by Crippen LogP contribution is 2.23. The minimum atomic E-state index is 0.0620. The second-order valence-corrected chi connectivity index (χ2v) is 6.17. The van der Waals surface area contributed by atoms with E-state index in [9.17, 15) is 0 Å². The Bertz CT molecular complexity index is 625. The van der Waals surface area contributed by atoms with Crippen LogP contribution in [0.2, 0.25) is 5.28 Å². The predicted octanol–water partition coefficient (Wildman–Crippen LogP) is 1.24. The molecule has 0 bridgehead atoms. The Morgan fingerprint density at radius 3 is 2.57 bits per heavy atom. The number of imidazole rings is 1. The van der Waals surface area contributed by atoms with E-state index in [1.165, 1.54) is 0 Å². The van der Waals surface area contributed by atoms with Crippen LogP contribution >= 0.6 is 11.6 Å². The number of anilines is 1. The molecule has 7 nitrogen and oxygen atoms in total. The first kappa shape index (κ1) is 14.2. The van der Waals surface area contributed by atoms with Crippen molar-refractivity contribution in [2.75, 3.05) is 31.6 Å². The number of halogens is 1. The third kappa shape index (κ3) is 2.84. The molecule has 0 spiro atoms. The van der Waals surface area contributed by atoms with Gasteiger partial charge in [0.2, 0.25) is 17.2 Å². The molecule has 2 aromatic heterocycles. The molecule has 0 radical (unpaired) electrons. The molecule has 0 aliphatic carbocycles. The molecule has 1 aliphatic heterocycles. The summed E-state index contributed by atoms with van der Waals surface area (Å²) in [4.78, 5) is 21.4. The third-order valence-electron chi connectivity index (χ3n) is 3.92. The lowest BCUT2D eigenvalue weighted by atomic mass is 10.0. The van der Waals surface area contributed by atoms with Crippen LogP contribution in [0, 0.1) is 0 Å². The lowest BCUT2D eigenvalue weighted by Crippen LogP contribution is -2.58. The number of hydrogen-bond acceptors (Lipinski definition) is 6. The largest absolute Gasteiger partial charge is 0.338 e. The van der Waals surface area contributed by atoms with Crippen molar-refractivity contribution in [1.82, 2.24) is 29.4 Å². The Balaban J connectivity index is 1.92. The predicted molar refractivity (Wildman–Crippen MR) is 80.9 cm³/mol. The summed E-state index contributed by atoms with van der Waals surface area (Å²) < 4.78 is 1.72. The van der Waals surface area contributed by atoms with Crippen LogP contribution in [0.5, 0.6) is 0 Å². The SMILES string of the molecule is CN1CCN(c2nc(Cl)nc(-n3ccnc3)n2)CC1(C)C. The first-order chi connectivity index (χ1) is 9.95. The van der Waals surface area contributed by atoms with Crippen molar-refractivity contribution >= 4 is 17.5 Å². The van der Waals surface area contributed by atoms with Gasteiger partial charge < -0.3 is 4.90 Å². The Hall–Kier alpha value is -1.73. The number of nitrogens with zero attached hydrogens (tertiary/aromatic N) is 7. The van der Waals surface area contributed by atoms with Crippen LogP contribution in [0.3, 0.4) is 0 Å². The van der Waals surface area contributed by atoms with Crippen molar-refractivity contribution in [3.8, 4) is 5.95 Å². The van der Waals surface area contributed by atoms with E-state index >= 15 is 0 Å². The van der Waals surface area contributed by atoms with E-state index in [-0.39, 0.29) is 10.8 Å². The molecule has 1 fully saturated rings. The summed E-state index contributed by atoms with van der Waals surface area (Å²) in [5, 5.41) is 0.195. The van der Waals surface area contributed by atoms with Crippen molar-refractivity contribution in [3.63, 3.8) is 0 Å². The van der Waals surface area contributed by atoms with Crippen LogP contribution in [0.1, 0.15) is 13.8 Å². The van der Waals surface area contributed by atoms with E-state index in [0.29, 0.717) is 11.9 Å². The number of piperazine rings is 1. The molecular weight excluding hydrogens is 290 g/mol. The number of aromatic nitrogens is 5. The van der Waals surface area contributed by atoms with Gasteiger partial charge in [-0.15, -0.1) is 0 Å². The third-order valence-corrected chi connectivity index (χ3v) is 4.09. The van der Waals surface area contributed by atoms with E-state index in [1.807, 2.05) is 0 Å². The van der Waals surface area contributed by atoms with Crippen LogP contribution < -0.4 is 4.90 Å². The van der Waals surface area contributed by atoms with Gasteiger partial charge in [0.15, 0.2) is 0 Å². The van der Waals surface area contributed by atoms with Crippen molar-refractivity contribution in [2.24, 2.45) is 0 Å².